The Labute approximate surface area is 114 Å². The van der Waals surface area contributed by atoms with Crippen molar-refractivity contribution in [3.63, 3.8) is 0 Å². The van der Waals surface area contributed by atoms with Crippen LogP contribution in [0.25, 0.3) is 10.9 Å². The summed E-state index contributed by atoms with van der Waals surface area (Å²) in [6, 6.07) is 9.06. The highest BCUT2D eigenvalue weighted by atomic mass is 15.2. The van der Waals surface area contributed by atoms with Gasteiger partial charge in [-0.3, -0.25) is 4.90 Å². The molecule has 1 fully saturated rings. The Morgan fingerprint density at radius 1 is 1.37 bits per heavy atom. The average Bonchev–Trinajstić information content (AvgIpc) is 2.85. The van der Waals surface area contributed by atoms with Crippen molar-refractivity contribution >= 4 is 10.9 Å². The lowest BCUT2D eigenvalue weighted by molar-refractivity contribution is 0.195. The summed E-state index contributed by atoms with van der Waals surface area (Å²) >= 11 is 0. The highest BCUT2D eigenvalue weighted by molar-refractivity contribution is 5.82. The SMILES string of the molecule is CN1CCNCC1CNCc1c[nH]c2ccccc12. The number of benzene rings is 1. The predicted molar refractivity (Wildman–Crippen MR) is 79.3 cm³/mol. The van der Waals surface area contributed by atoms with E-state index in [9.17, 15) is 0 Å². The van der Waals surface area contributed by atoms with Crippen molar-refractivity contribution in [1.82, 2.24) is 20.5 Å². The van der Waals surface area contributed by atoms with Crippen LogP contribution in [0.1, 0.15) is 5.56 Å². The van der Waals surface area contributed by atoms with Crippen molar-refractivity contribution in [3.8, 4) is 0 Å². The second-order valence-corrected chi connectivity index (χ2v) is 5.33. The second kappa shape index (κ2) is 5.74. The van der Waals surface area contributed by atoms with Gasteiger partial charge in [0.1, 0.15) is 0 Å². The number of nitrogens with one attached hydrogen (secondary N) is 3. The third-order valence-corrected chi connectivity index (χ3v) is 4.01. The van der Waals surface area contributed by atoms with E-state index in [0.717, 1.165) is 32.7 Å². The maximum atomic E-state index is 3.58. The summed E-state index contributed by atoms with van der Waals surface area (Å²) in [5.41, 5.74) is 2.57. The molecule has 1 aromatic heterocycles. The first-order valence-corrected chi connectivity index (χ1v) is 7.01. The highest BCUT2D eigenvalue weighted by Gasteiger charge is 2.17. The fraction of sp³-hybridized carbons (Fsp3) is 0.467. The zero-order valence-electron chi connectivity index (χ0n) is 11.4. The van der Waals surface area contributed by atoms with Gasteiger partial charge in [-0.2, -0.15) is 0 Å². The molecular formula is C15H22N4. The van der Waals surface area contributed by atoms with E-state index < -0.39 is 0 Å². The number of para-hydroxylation sites is 1. The summed E-state index contributed by atoms with van der Waals surface area (Å²) < 4.78 is 0. The van der Waals surface area contributed by atoms with Crippen molar-refractivity contribution in [2.45, 2.75) is 12.6 Å². The molecule has 1 atom stereocenters. The molecule has 3 rings (SSSR count). The first kappa shape index (κ1) is 12.7. The first-order valence-electron chi connectivity index (χ1n) is 7.01. The number of likely N-dealkylation sites (N-methyl/N-ethyl adjacent to an activating group) is 1. The molecule has 4 heteroatoms. The Kier molecular flexibility index (Phi) is 3.82. The van der Waals surface area contributed by atoms with Gasteiger partial charge in [0.25, 0.3) is 0 Å². The van der Waals surface area contributed by atoms with Gasteiger partial charge in [0, 0.05) is 55.9 Å². The molecular weight excluding hydrogens is 236 g/mol. The van der Waals surface area contributed by atoms with E-state index in [2.05, 4.69) is 58.0 Å². The van der Waals surface area contributed by atoms with Gasteiger partial charge >= 0.3 is 0 Å². The second-order valence-electron chi connectivity index (χ2n) is 5.33. The number of hydrogen-bond acceptors (Lipinski definition) is 3. The number of nitrogens with zero attached hydrogens (tertiary/aromatic N) is 1. The van der Waals surface area contributed by atoms with Crippen molar-refractivity contribution in [1.29, 1.82) is 0 Å². The quantitative estimate of drug-likeness (QED) is 0.771. The molecule has 4 nitrogen and oxygen atoms in total. The Hall–Kier alpha value is -1.36. The van der Waals surface area contributed by atoms with E-state index in [-0.39, 0.29) is 0 Å². The topological polar surface area (TPSA) is 43.1 Å². The molecule has 19 heavy (non-hydrogen) atoms. The largest absolute Gasteiger partial charge is 0.361 e. The van der Waals surface area contributed by atoms with Crippen LogP contribution >= 0.6 is 0 Å². The van der Waals surface area contributed by atoms with Crippen LogP contribution in [0.4, 0.5) is 0 Å². The number of H-pyrrole nitrogens is 1. The minimum Gasteiger partial charge on any atom is -0.361 e. The Balaban J connectivity index is 1.57. The maximum absolute atomic E-state index is 3.58. The van der Waals surface area contributed by atoms with Gasteiger partial charge in [-0.25, -0.2) is 0 Å². The molecule has 1 saturated heterocycles. The van der Waals surface area contributed by atoms with Crippen molar-refractivity contribution in [3.05, 3.63) is 36.0 Å². The molecule has 1 unspecified atom stereocenters. The smallest absolute Gasteiger partial charge is 0.0457 e. The predicted octanol–water partition coefficient (Wildman–Crippen LogP) is 1.16. The molecule has 2 heterocycles. The number of aromatic nitrogens is 1. The zero-order chi connectivity index (χ0) is 13.1. The molecule has 0 saturated carbocycles. The standard InChI is InChI=1S/C15H22N4/c1-19-7-6-16-10-13(19)11-17-8-12-9-18-15-5-3-2-4-14(12)15/h2-5,9,13,16-18H,6-8,10-11H2,1H3. The summed E-state index contributed by atoms with van der Waals surface area (Å²) in [6.07, 6.45) is 2.11. The van der Waals surface area contributed by atoms with Crippen LogP contribution in [-0.4, -0.2) is 49.2 Å². The summed E-state index contributed by atoms with van der Waals surface area (Å²) in [7, 11) is 2.21. The van der Waals surface area contributed by atoms with E-state index in [4.69, 9.17) is 0 Å². The van der Waals surface area contributed by atoms with Gasteiger partial charge in [0.05, 0.1) is 0 Å². The lowest BCUT2D eigenvalue weighted by atomic mass is 10.1. The van der Waals surface area contributed by atoms with Crippen LogP contribution < -0.4 is 10.6 Å². The number of hydrogen-bond donors (Lipinski definition) is 3. The number of fused-ring (bicyclic) bond motifs is 1. The van der Waals surface area contributed by atoms with Crippen molar-refractivity contribution in [2.24, 2.45) is 0 Å². The molecule has 1 aromatic carbocycles. The van der Waals surface area contributed by atoms with Crippen LogP contribution in [0.2, 0.25) is 0 Å². The third kappa shape index (κ3) is 2.81. The number of piperazine rings is 1. The minimum atomic E-state index is 0.596. The summed E-state index contributed by atoms with van der Waals surface area (Å²) in [6.45, 7) is 5.28. The molecule has 1 aliphatic heterocycles. The fourth-order valence-corrected chi connectivity index (χ4v) is 2.74. The van der Waals surface area contributed by atoms with Crippen LogP contribution in [0, 0.1) is 0 Å². The fourth-order valence-electron chi connectivity index (χ4n) is 2.74. The van der Waals surface area contributed by atoms with Crippen molar-refractivity contribution in [2.75, 3.05) is 33.2 Å². The van der Waals surface area contributed by atoms with Gasteiger partial charge in [0.2, 0.25) is 0 Å². The normalized spacial score (nSPS) is 21.0. The van der Waals surface area contributed by atoms with Crippen LogP contribution in [0.5, 0.6) is 0 Å². The number of aromatic amines is 1. The lowest BCUT2D eigenvalue weighted by Crippen LogP contribution is -2.53. The average molecular weight is 258 g/mol. The highest BCUT2D eigenvalue weighted by Crippen LogP contribution is 2.17. The lowest BCUT2D eigenvalue weighted by Gasteiger charge is -2.33. The molecule has 0 spiro atoms. The van der Waals surface area contributed by atoms with E-state index in [1.54, 1.807) is 0 Å². The maximum Gasteiger partial charge on any atom is 0.0457 e. The summed E-state index contributed by atoms with van der Waals surface area (Å²) in [5.74, 6) is 0. The molecule has 3 N–H and O–H groups in total. The molecule has 102 valence electrons. The monoisotopic (exact) mass is 258 g/mol. The van der Waals surface area contributed by atoms with Gasteiger partial charge < -0.3 is 15.6 Å². The number of rotatable bonds is 4. The molecule has 1 aliphatic rings. The van der Waals surface area contributed by atoms with Gasteiger partial charge in [-0.15, -0.1) is 0 Å². The molecule has 0 radical (unpaired) electrons. The van der Waals surface area contributed by atoms with Gasteiger partial charge in [-0.05, 0) is 18.7 Å². The van der Waals surface area contributed by atoms with E-state index in [1.807, 2.05) is 0 Å². The molecule has 0 aliphatic carbocycles. The molecule has 2 aromatic rings. The molecule has 0 bridgehead atoms. The summed E-state index contributed by atoms with van der Waals surface area (Å²) in [5, 5.41) is 8.35. The van der Waals surface area contributed by atoms with E-state index >= 15 is 0 Å². The van der Waals surface area contributed by atoms with E-state index in [1.165, 1.54) is 16.5 Å². The van der Waals surface area contributed by atoms with Crippen molar-refractivity contribution < 1.29 is 0 Å². The minimum absolute atomic E-state index is 0.596. The van der Waals surface area contributed by atoms with E-state index in [0.29, 0.717) is 6.04 Å². The van der Waals surface area contributed by atoms with Crippen LogP contribution in [0.15, 0.2) is 30.5 Å². The van der Waals surface area contributed by atoms with Crippen LogP contribution in [-0.2, 0) is 6.54 Å². The Morgan fingerprint density at radius 3 is 3.16 bits per heavy atom. The Morgan fingerprint density at radius 2 is 2.26 bits per heavy atom. The van der Waals surface area contributed by atoms with Gasteiger partial charge in [0.15, 0.2) is 0 Å². The first-order chi connectivity index (χ1) is 9.34. The zero-order valence-corrected chi connectivity index (χ0v) is 11.4. The summed E-state index contributed by atoms with van der Waals surface area (Å²) in [4.78, 5) is 5.75. The third-order valence-electron chi connectivity index (χ3n) is 4.01. The van der Waals surface area contributed by atoms with Gasteiger partial charge in [-0.1, -0.05) is 18.2 Å². The molecule has 0 amide bonds. The van der Waals surface area contributed by atoms with Crippen LogP contribution in [0.3, 0.4) is 0 Å². The Bertz CT molecular complexity index is 534.